The third-order valence-corrected chi connectivity index (χ3v) is 5.00. The Hall–Kier alpha value is -0.0831. The smallest absolute Gasteiger partial charge is 0.213 e. The predicted molar refractivity (Wildman–Crippen MR) is 41.8 cm³/mol. The highest BCUT2D eigenvalue weighted by Crippen LogP contribution is 2.21. The zero-order valence-electron chi connectivity index (χ0n) is 6.02. The van der Waals surface area contributed by atoms with Crippen LogP contribution in [0.25, 0.3) is 0 Å². The summed E-state index contributed by atoms with van der Waals surface area (Å²) in [5.41, 5.74) is 2.05. The summed E-state index contributed by atoms with van der Waals surface area (Å²) in [6, 6.07) is 1.27. The third-order valence-electron chi connectivity index (χ3n) is 1.93. The van der Waals surface area contributed by atoms with Gasteiger partial charge in [-0.3, -0.25) is 0 Å². The first-order valence-electron chi connectivity index (χ1n) is 3.54. The lowest BCUT2D eigenvalue weighted by atomic mass is 10.4. The van der Waals surface area contributed by atoms with E-state index in [-0.39, 0.29) is 0 Å². The Bertz CT molecular complexity index is 105. The van der Waals surface area contributed by atoms with Crippen molar-refractivity contribution in [3.8, 4) is 0 Å². The van der Waals surface area contributed by atoms with Crippen LogP contribution in [-0.2, 0) is 4.43 Å². The molecule has 1 unspecified atom stereocenters. The molecule has 1 aliphatic rings. The summed E-state index contributed by atoms with van der Waals surface area (Å²) < 4.78 is 5.64. The van der Waals surface area contributed by atoms with Crippen molar-refractivity contribution >= 4 is 8.32 Å². The van der Waals surface area contributed by atoms with Crippen LogP contribution in [-0.4, -0.2) is 14.9 Å². The van der Waals surface area contributed by atoms with E-state index in [1.165, 1.54) is 18.9 Å². The zero-order valence-corrected chi connectivity index (χ0v) is 7.02. The molecule has 0 saturated carbocycles. The minimum Gasteiger partial charge on any atom is -0.413 e. The van der Waals surface area contributed by atoms with E-state index in [0.717, 1.165) is 6.61 Å². The largest absolute Gasteiger partial charge is 0.413 e. The van der Waals surface area contributed by atoms with Gasteiger partial charge in [-0.1, -0.05) is 12.1 Å². The van der Waals surface area contributed by atoms with E-state index in [4.69, 9.17) is 4.43 Å². The maximum Gasteiger partial charge on any atom is 0.213 e. The van der Waals surface area contributed by atoms with Crippen molar-refractivity contribution in [2.24, 2.45) is 0 Å². The second kappa shape index (κ2) is 2.67. The first-order valence-corrected chi connectivity index (χ1v) is 6.24. The summed E-state index contributed by atoms with van der Waals surface area (Å²) in [5.74, 6) is 0. The van der Waals surface area contributed by atoms with Crippen molar-refractivity contribution in [3.63, 3.8) is 0 Å². The van der Waals surface area contributed by atoms with Gasteiger partial charge in [0.15, 0.2) is 0 Å². The van der Waals surface area contributed by atoms with Crippen LogP contribution in [0.5, 0.6) is 0 Å². The summed E-state index contributed by atoms with van der Waals surface area (Å²) >= 11 is 0. The van der Waals surface area contributed by atoms with Crippen LogP contribution in [0, 0.1) is 0 Å². The van der Waals surface area contributed by atoms with E-state index in [1.54, 1.807) is 0 Å². The van der Waals surface area contributed by atoms with Crippen molar-refractivity contribution in [2.45, 2.75) is 25.4 Å². The standard InChI is InChI=1S/C7H14OSi/c1-3-9(2)7-5-4-6-8-9/h3H,1,4-7H2,2H3. The zero-order chi connectivity index (χ0) is 6.74. The Morgan fingerprint density at radius 2 is 2.33 bits per heavy atom. The molecule has 1 fully saturated rings. The molecule has 1 heterocycles. The van der Waals surface area contributed by atoms with Crippen molar-refractivity contribution in [3.05, 3.63) is 12.3 Å². The van der Waals surface area contributed by atoms with Gasteiger partial charge < -0.3 is 4.43 Å². The molecule has 0 aliphatic carbocycles. The van der Waals surface area contributed by atoms with E-state index in [0.29, 0.717) is 0 Å². The van der Waals surface area contributed by atoms with Crippen LogP contribution >= 0.6 is 0 Å². The molecular weight excluding hydrogens is 128 g/mol. The predicted octanol–water partition coefficient (Wildman–Crippen LogP) is 2.10. The summed E-state index contributed by atoms with van der Waals surface area (Å²) in [6.07, 6.45) is 2.59. The minimum absolute atomic E-state index is 0.967. The van der Waals surface area contributed by atoms with Crippen molar-refractivity contribution in [1.82, 2.24) is 0 Å². The Morgan fingerprint density at radius 3 is 2.67 bits per heavy atom. The number of hydrogen-bond donors (Lipinski definition) is 0. The molecule has 9 heavy (non-hydrogen) atoms. The highest BCUT2D eigenvalue weighted by Gasteiger charge is 2.26. The van der Waals surface area contributed by atoms with Crippen molar-refractivity contribution in [1.29, 1.82) is 0 Å². The maximum atomic E-state index is 5.64. The van der Waals surface area contributed by atoms with Gasteiger partial charge in [-0.15, -0.1) is 6.58 Å². The third kappa shape index (κ3) is 1.66. The molecule has 0 aromatic rings. The lowest BCUT2D eigenvalue weighted by molar-refractivity contribution is 0.278. The average Bonchev–Trinajstić information content (AvgIpc) is 1.90. The molecular formula is C7H14OSi. The SMILES string of the molecule is C=C[Si]1(C)CCCCO1. The Kier molecular flexibility index (Phi) is 2.08. The normalized spacial score (nSPS) is 36.1. The van der Waals surface area contributed by atoms with Crippen LogP contribution < -0.4 is 0 Å². The maximum absolute atomic E-state index is 5.64. The lowest BCUT2D eigenvalue weighted by Gasteiger charge is -2.27. The molecule has 1 aliphatic heterocycles. The van der Waals surface area contributed by atoms with Gasteiger partial charge in [0.25, 0.3) is 0 Å². The molecule has 52 valence electrons. The van der Waals surface area contributed by atoms with Crippen LogP contribution in [0.2, 0.25) is 12.6 Å². The Morgan fingerprint density at radius 1 is 1.56 bits per heavy atom. The molecule has 1 nitrogen and oxygen atoms in total. The van der Waals surface area contributed by atoms with Crippen LogP contribution in [0.3, 0.4) is 0 Å². The van der Waals surface area contributed by atoms with Gasteiger partial charge in [-0.2, -0.15) is 0 Å². The summed E-state index contributed by atoms with van der Waals surface area (Å²) in [7, 11) is -1.35. The Labute approximate surface area is 57.9 Å². The quantitative estimate of drug-likeness (QED) is 0.509. The summed E-state index contributed by atoms with van der Waals surface area (Å²) in [5, 5.41) is 0. The first-order chi connectivity index (χ1) is 4.27. The molecule has 0 N–H and O–H groups in total. The van der Waals surface area contributed by atoms with Crippen molar-refractivity contribution < 1.29 is 4.43 Å². The van der Waals surface area contributed by atoms with E-state index in [1.807, 2.05) is 5.70 Å². The van der Waals surface area contributed by atoms with E-state index >= 15 is 0 Å². The minimum atomic E-state index is -1.35. The molecule has 1 saturated heterocycles. The molecule has 0 bridgehead atoms. The molecule has 0 aromatic heterocycles. The second-order valence-electron chi connectivity index (χ2n) is 2.82. The highest BCUT2D eigenvalue weighted by molar-refractivity contribution is 6.77. The first kappa shape index (κ1) is 7.03. The van der Waals surface area contributed by atoms with Gasteiger partial charge in [0.05, 0.1) is 0 Å². The van der Waals surface area contributed by atoms with Crippen LogP contribution in [0.1, 0.15) is 12.8 Å². The van der Waals surface area contributed by atoms with Gasteiger partial charge in [-0.25, -0.2) is 0 Å². The molecule has 1 rings (SSSR count). The monoisotopic (exact) mass is 142 g/mol. The lowest BCUT2D eigenvalue weighted by Crippen LogP contribution is -2.35. The number of hydrogen-bond acceptors (Lipinski definition) is 1. The molecule has 0 amide bonds. The molecule has 1 atom stereocenters. The highest BCUT2D eigenvalue weighted by atomic mass is 28.4. The van der Waals surface area contributed by atoms with Crippen molar-refractivity contribution in [2.75, 3.05) is 6.61 Å². The number of rotatable bonds is 1. The van der Waals surface area contributed by atoms with E-state index in [9.17, 15) is 0 Å². The molecule has 0 aromatic carbocycles. The molecule has 2 heteroatoms. The topological polar surface area (TPSA) is 9.23 Å². The van der Waals surface area contributed by atoms with Gasteiger partial charge in [0.2, 0.25) is 8.32 Å². The van der Waals surface area contributed by atoms with Crippen LogP contribution in [0.4, 0.5) is 0 Å². The summed E-state index contributed by atoms with van der Waals surface area (Å²) in [4.78, 5) is 0. The van der Waals surface area contributed by atoms with E-state index in [2.05, 4.69) is 13.1 Å². The fourth-order valence-corrected chi connectivity index (χ4v) is 3.15. The fraction of sp³-hybridized carbons (Fsp3) is 0.714. The molecule has 0 spiro atoms. The van der Waals surface area contributed by atoms with Gasteiger partial charge in [0.1, 0.15) is 0 Å². The van der Waals surface area contributed by atoms with Crippen LogP contribution in [0.15, 0.2) is 12.3 Å². The van der Waals surface area contributed by atoms with Gasteiger partial charge in [-0.05, 0) is 19.0 Å². The fourth-order valence-electron chi connectivity index (χ4n) is 1.12. The second-order valence-corrected chi connectivity index (χ2v) is 6.64. The van der Waals surface area contributed by atoms with Gasteiger partial charge >= 0.3 is 0 Å². The Balaban J connectivity index is 2.46. The van der Waals surface area contributed by atoms with Gasteiger partial charge in [0, 0.05) is 6.61 Å². The summed E-state index contributed by atoms with van der Waals surface area (Å²) in [6.45, 7) is 7.00. The van der Waals surface area contributed by atoms with E-state index < -0.39 is 8.32 Å². The molecule has 0 radical (unpaired) electrons. The average molecular weight is 142 g/mol.